The standard InChI is InChI=1S/C14H19FN2O2/c15-12-6-5-11(8-13(12)16)17-14(18)2-1-7-19-9-10-3-4-10/h5-6,8,10H,1-4,7,9,16H2,(H,17,18). The highest BCUT2D eigenvalue weighted by Gasteiger charge is 2.20. The Kier molecular flexibility index (Phi) is 4.74. The van der Waals surface area contributed by atoms with Gasteiger partial charge in [-0.1, -0.05) is 0 Å². The van der Waals surface area contributed by atoms with Gasteiger partial charge in [0, 0.05) is 25.3 Å². The maximum Gasteiger partial charge on any atom is 0.224 e. The molecule has 5 heteroatoms. The van der Waals surface area contributed by atoms with Crippen molar-refractivity contribution in [3.8, 4) is 0 Å². The third-order valence-corrected chi connectivity index (χ3v) is 3.02. The number of nitrogens with one attached hydrogen (secondary N) is 1. The largest absolute Gasteiger partial charge is 0.396 e. The summed E-state index contributed by atoms with van der Waals surface area (Å²) >= 11 is 0. The van der Waals surface area contributed by atoms with Crippen LogP contribution in [-0.2, 0) is 9.53 Å². The molecular formula is C14H19FN2O2. The van der Waals surface area contributed by atoms with E-state index in [9.17, 15) is 9.18 Å². The second-order valence-electron chi connectivity index (χ2n) is 4.91. The third kappa shape index (κ3) is 4.87. The van der Waals surface area contributed by atoms with Gasteiger partial charge in [-0.15, -0.1) is 0 Å². The van der Waals surface area contributed by atoms with Gasteiger partial charge in [0.2, 0.25) is 5.91 Å². The molecule has 0 atom stereocenters. The van der Waals surface area contributed by atoms with Crippen LogP contribution in [0, 0.1) is 11.7 Å². The zero-order valence-electron chi connectivity index (χ0n) is 10.8. The number of nitrogens with two attached hydrogens (primary N) is 1. The highest BCUT2D eigenvalue weighted by molar-refractivity contribution is 5.91. The average molecular weight is 266 g/mol. The summed E-state index contributed by atoms with van der Waals surface area (Å²) in [6, 6.07) is 4.15. The molecule has 0 radical (unpaired) electrons. The summed E-state index contributed by atoms with van der Waals surface area (Å²) in [7, 11) is 0. The fraction of sp³-hybridized carbons (Fsp3) is 0.500. The van der Waals surface area contributed by atoms with Gasteiger partial charge in [0.05, 0.1) is 5.69 Å². The van der Waals surface area contributed by atoms with E-state index in [4.69, 9.17) is 10.5 Å². The van der Waals surface area contributed by atoms with E-state index in [-0.39, 0.29) is 11.6 Å². The first-order chi connectivity index (χ1) is 9.15. The van der Waals surface area contributed by atoms with Gasteiger partial charge < -0.3 is 15.8 Å². The molecule has 3 N–H and O–H groups in total. The lowest BCUT2D eigenvalue weighted by Gasteiger charge is -2.07. The molecule has 0 heterocycles. The van der Waals surface area contributed by atoms with Crippen molar-refractivity contribution in [2.24, 2.45) is 5.92 Å². The molecule has 2 rings (SSSR count). The lowest BCUT2D eigenvalue weighted by Crippen LogP contribution is -2.12. The van der Waals surface area contributed by atoms with E-state index < -0.39 is 5.82 Å². The molecule has 0 bridgehead atoms. The van der Waals surface area contributed by atoms with Gasteiger partial charge in [0.25, 0.3) is 0 Å². The monoisotopic (exact) mass is 266 g/mol. The fourth-order valence-corrected chi connectivity index (χ4v) is 1.71. The van der Waals surface area contributed by atoms with Crippen LogP contribution >= 0.6 is 0 Å². The summed E-state index contributed by atoms with van der Waals surface area (Å²) in [5, 5.41) is 2.68. The summed E-state index contributed by atoms with van der Waals surface area (Å²) in [6.07, 6.45) is 3.62. The van der Waals surface area contributed by atoms with Crippen LogP contribution in [0.3, 0.4) is 0 Å². The third-order valence-electron chi connectivity index (χ3n) is 3.02. The molecular weight excluding hydrogens is 247 g/mol. The summed E-state index contributed by atoms with van der Waals surface area (Å²) in [5.41, 5.74) is 5.97. The zero-order valence-corrected chi connectivity index (χ0v) is 10.8. The van der Waals surface area contributed by atoms with Crippen LogP contribution in [-0.4, -0.2) is 19.1 Å². The van der Waals surface area contributed by atoms with E-state index in [2.05, 4.69) is 5.32 Å². The van der Waals surface area contributed by atoms with Crippen LogP contribution in [0.2, 0.25) is 0 Å². The van der Waals surface area contributed by atoms with Gasteiger partial charge in [-0.05, 0) is 43.4 Å². The highest BCUT2D eigenvalue weighted by atomic mass is 19.1. The molecule has 1 aromatic carbocycles. The number of carbonyl (C=O) groups excluding carboxylic acids is 1. The van der Waals surface area contributed by atoms with Gasteiger partial charge in [-0.3, -0.25) is 4.79 Å². The van der Waals surface area contributed by atoms with Crippen molar-refractivity contribution in [1.82, 2.24) is 0 Å². The van der Waals surface area contributed by atoms with Crippen LogP contribution in [0.1, 0.15) is 25.7 Å². The predicted octanol–water partition coefficient (Wildman–Crippen LogP) is 2.55. The topological polar surface area (TPSA) is 64.3 Å². The number of benzene rings is 1. The number of hydrogen-bond acceptors (Lipinski definition) is 3. The summed E-state index contributed by atoms with van der Waals surface area (Å²) in [6.45, 7) is 1.42. The summed E-state index contributed by atoms with van der Waals surface area (Å²) < 4.78 is 18.4. The first kappa shape index (κ1) is 13.8. The van der Waals surface area contributed by atoms with Crippen molar-refractivity contribution < 1.29 is 13.9 Å². The molecule has 104 valence electrons. The molecule has 4 nitrogen and oxygen atoms in total. The van der Waals surface area contributed by atoms with E-state index in [1.54, 1.807) is 0 Å². The Morgan fingerprint density at radius 1 is 1.47 bits per heavy atom. The molecule has 1 aliphatic carbocycles. The molecule has 0 spiro atoms. The summed E-state index contributed by atoms with van der Waals surface area (Å²) in [4.78, 5) is 11.6. The number of amides is 1. The maximum atomic E-state index is 12.9. The number of nitrogen functional groups attached to an aromatic ring is 1. The second-order valence-corrected chi connectivity index (χ2v) is 4.91. The minimum Gasteiger partial charge on any atom is -0.396 e. The first-order valence-electron chi connectivity index (χ1n) is 6.58. The Balaban J connectivity index is 1.63. The molecule has 0 aromatic heterocycles. The van der Waals surface area contributed by atoms with Gasteiger partial charge >= 0.3 is 0 Å². The van der Waals surface area contributed by atoms with E-state index in [1.807, 2.05) is 0 Å². The van der Waals surface area contributed by atoms with Crippen molar-refractivity contribution in [1.29, 1.82) is 0 Å². The number of hydrogen-bond donors (Lipinski definition) is 2. The Hall–Kier alpha value is -1.62. The molecule has 1 saturated carbocycles. The Bertz CT molecular complexity index is 447. The van der Waals surface area contributed by atoms with Crippen LogP contribution in [0.25, 0.3) is 0 Å². The normalized spacial score (nSPS) is 14.4. The number of ether oxygens (including phenoxy) is 1. The van der Waals surface area contributed by atoms with Crippen molar-refractivity contribution >= 4 is 17.3 Å². The molecule has 1 aromatic rings. The number of rotatable bonds is 7. The fourth-order valence-electron chi connectivity index (χ4n) is 1.71. The van der Waals surface area contributed by atoms with Gasteiger partial charge in [-0.25, -0.2) is 4.39 Å². The minimum atomic E-state index is -0.480. The van der Waals surface area contributed by atoms with Crippen LogP contribution in [0.4, 0.5) is 15.8 Å². The lowest BCUT2D eigenvalue weighted by molar-refractivity contribution is -0.116. The SMILES string of the molecule is Nc1cc(NC(=O)CCCOCC2CC2)ccc1F. The van der Waals surface area contributed by atoms with E-state index >= 15 is 0 Å². The molecule has 0 saturated heterocycles. The van der Waals surface area contributed by atoms with Crippen molar-refractivity contribution in [3.05, 3.63) is 24.0 Å². The highest BCUT2D eigenvalue weighted by Crippen LogP contribution is 2.28. The Labute approximate surface area is 112 Å². The first-order valence-corrected chi connectivity index (χ1v) is 6.58. The van der Waals surface area contributed by atoms with Crippen LogP contribution in [0.5, 0.6) is 0 Å². The lowest BCUT2D eigenvalue weighted by atomic mass is 10.2. The molecule has 1 amide bonds. The summed E-state index contributed by atoms with van der Waals surface area (Å²) in [5.74, 6) is 0.156. The smallest absolute Gasteiger partial charge is 0.224 e. The van der Waals surface area contributed by atoms with Crippen LogP contribution < -0.4 is 11.1 Å². The van der Waals surface area contributed by atoms with E-state index in [0.717, 1.165) is 12.5 Å². The second kappa shape index (κ2) is 6.52. The van der Waals surface area contributed by atoms with E-state index in [0.29, 0.717) is 25.1 Å². The molecule has 1 fully saturated rings. The Morgan fingerprint density at radius 3 is 2.95 bits per heavy atom. The van der Waals surface area contributed by atoms with Crippen molar-refractivity contribution in [2.75, 3.05) is 24.3 Å². The maximum absolute atomic E-state index is 12.9. The number of carbonyl (C=O) groups is 1. The van der Waals surface area contributed by atoms with Gasteiger partial charge in [-0.2, -0.15) is 0 Å². The molecule has 0 aliphatic heterocycles. The Morgan fingerprint density at radius 2 is 2.26 bits per heavy atom. The number of halogens is 1. The predicted molar refractivity (Wildman–Crippen MR) is 72.2 cm³/mol. The number of anilines is 2. The van der Waals surface area contributed by atoms with Gasteiger partial charge in [0.15, 0.2) is 0 Å². The molecule has 1 aliphatic rings. The quantitative estimate of drug-likeness (QED) is 0.589. The molecule has 0 unspecified atom stereocenters. The van der Waals surface area contributed by atoms with E-state index in [1.165, 1.54) is 31.0 Å². The van der Waals surface area contributed by atoms with Crippen molar-refractivity contribution in [2.45, 2.75) is 25.7 Å². The zero-order chi connectivity index (χ0) is 13.7. The van der Waals surface area contributed by atoms with Crippen molar-refractivity contribution in [3.63, 3.8) is 0 Å². The average Bonchev–Trinajstić information content (AvgIpc) is 3.17. The van der Waals surface area contributed by atoms with Crippen LogP contribution in [0.15, 0.2) is 18.2 Å². The van der Waals surface area contributed by atoms with Gasteiger partial charge in [0.1, 0.15) is 5.82 Å². The minimum absolute atomic E-state index is 0.0329. The molecule has 19 heavy (non-hydrogen) atoms.